The van der Waals surface area contributed by atoms with Crippen molar-refractivity contribution in [1.29, 1.82) is 0 Å². The average Bonchev–Trinajstić information content (AvgIpc) is 3.96. The first kappa shape index (κ1) is 42.7. The highest BCUT2D eigenvalue weighted by Crippen LogP contribution is 2.40. The Morgan fingerprint density at radius 1 is 0.707 bits per heavy atom. The van der Waals surface area contributed by atoms with Gasteiger partial charge in [0.05, 0.1) is 35.7 Å². The number of carbonyl (C=O) groups is 4. The van der Waals surface area contributed by atoms with Gasteiger partial charge in [0.1, 0.15) is 23.7 Å². The Bertz CT molecular complexity index is 2010. The fraction of sp³-hybridized carbons (Fsp3) is 0.524. The second-order valence-electron chi connectivity index (χ2n) is 15.8. The quantitative estimate of drug-likeness (QED) is 0.0899. The SMILES string of the molecule is CC[C@@H](NC(=O)[C@@H](C)NC)C(=O)N1C[C@H](O)C[C@@H]1Cc1c(-c2[nH]c3cc(F)ccc3c2C[C@H]2C[C@H](O)CN2C(=O)[C@@H](CC)NC(=O)[C@@H](C)NC)[nH]c2cc(F)ccc12. The molecule has 4 aromatic rings. The summed E-state index contributed by atoms with van der Waals surface area (Å²) >= 11 is 0. The van der Waals surface area contributed by atoms with Crippen LogP contribution in [0.1, 0.15) is 64.5 Å². The van der Waals surface area contributed by atoms with Crippen LogP contribution in [-0.4, -0.2) is 129 Å². The van der Waals surface area contributed by atoms with Gasteiger partial charge in [-0.15, -0.1) is 0 Å². The summed E-state index contributed by atoms with van der Waals surface area (Å²) in [5, 5.41) is 34.7. The molecular weight excluding hydrogens is 751 g/mol. The van der Waals surface area contributed by atoms with Gasteiger partial charge in [0, 0.05) is 47.0 Å². The molecule has 0 saturated carbocycles. The van der Waals surface area contributed by atoms with Crippen LogP contribution in [0.5, 0.6) is 0 Å². The minimum absolute atomic E-state index is 0.0711. The van der Waals surface area contributed by atoms with E-state index in [0.29, 0.717) is 46.0 Å². The smallest absolute Gasteiger partial charge is 0.245 e. The molecule has 314 valence electrons. The Hall–Kier alpha value is -4.90. The van der Waals surface area contributed by atoms with Crippen molar-refractivity contribution in [3.63, 3.8) is 0 Å². The fourth-order valence-corrected chi connectivity index (χ4v) is 8.42. The van der Waals surface area contributed by atoms with Gasteiger partial charge in [-0.25, -0.2) is 8.78 Å². The Balaban J connectivity index is 1.40. The van der Waals surface area contributed by atoms with E-state index < -0.39 is 60.1 Å². The third-order valence-corrected chi connectivity index (χ3v) is 11.9. The van der Waals surface area contributed by atoms with Crippen LogP contribution in [-0.2, 0) is 32.0 Å². The van der Waals surface area contributed by atoms with Gasteiger partial charge in [0.25, 0.3) is 0 Å². The molecule has 2 fully saturated rings. The van der Waals surface area contributed by atoms with Crippen LogP contribution < -0.4 is 21.3 Å². The highest BCUT2D eigenvalue weighted by molar-refractivity contribution is 5.97. The summed E-state index contributed by atoms with van der Waals surface area (Å²) in [5.41, 5.74) is 3.58. The molecule has 8 N–H and O–H groups in total. The monoisotopic (exact) mass is 806 g/mol. The van der Waals surface area contributed by atoms with E-state index in [2.05, 4.69) is 31.2 Å². The van der Waals surface area contributed by atoms with E-state index in [-0.39, 0.29) is 62.4 Å². The van der Waals surface area contributed by atoms with Gasteiger partial charge >= 0.3 is 0 Å². The third-order valence-electron chi connectivity index (χ3n) is 11.9. The van der Waals surface area contributed by atoms with Crippen molar-refractivity contribution < 1.29 is 38.2 Å². The number of hydrogen-bond donors (Lipinski definition) is 8. The van der Waals surface area contributed by atoms with Crippen LogP contribution in [0.25, 0.3) is 33.2 Å². The largest absolute Gasteiger partial charge is 0.391 e. The Kier molecular flexibility index (Phi) is 13.2. The number of aromatic amines is 2. The number of β-amino-alcohol motifs (C(OH)–C–C–N with tert-alkyl or cyclic N) is 2. The van der Waals surface area contributed by atoms with Crippen molar-refractivity contribution in [2.45, 2.75) is 115 Å². The number of likely N-dealkylation sites (tertiary alicyclic amines) is 2. The second-order valence-corrected chi connectivity index (χ2v) is 15.8. The lowest BCUT2D eigenvalue weighted by Gasteiger charge is -2.30. The molecule has 0 spiro atoms. The molecule has 4 amide bonds. The minimum atomic E-state index is -0.817. The van der Waals surface area contributed by atoms with Gasteiger partial charge in [-0.3, -0.25) is 19.2 Å². The van der Waals surface area contributed by atoms with Crippen molar-refractivity contribution in [1.82, 2.24) is 41.0 Å². The molecule has 8 atom stereocenters. The number of nitrogens with one attached hydrogen (secondary N) is 6. The topological polar surface area (TPSA) is 195 Å². The van der Waals surface area contributed by atoms with Crippen LogP contribution >= 0.6 is 0 Å². The highest BCUT2D eigenvalue weighted by atomic mass is 19.1. The number of aliphatic hydroxyl groups excluding tert-OH is 2. The number of amides is 4. The first-order valence-electron chi connectivity index (χ1n) is 20.2. The van der Waals surface area contributed by atoms with E-state index in [1.54, 1.807) is 49.9 Å². The van der Waals surface area contributed by atoms with E-state index in [0.717, 1.165) is 11.1 Å². The molecule has 58 heavy (non-hydrogen) atoms. The number of rotatable bonds is 15. The minimum Gasteiger partial charge on any atom is -0.391 e. The number of likely N-dealkylation sites (N-methyl/N-ethyl adjacent to an activating group) is 2. The predicted octanol–water partition coefficient (Wildman–Crippen LogP) is 2.61. The number of hydrogen-bond acceptors (Lipinski definition) is 8. The van der Waals surface area contributed by atoms with E-state index in [1.807, 2.05) is 13.8 Å². The summed E-state index contributed by atoms with van der Waals surface area (Å²) in [7, 11) is 3.31. The van der Waals surface area contributed by atoms with Gasteiger partial charge in [0.2, 0.25) is 23.6 Å². The Morgan fingerprint density at radius 3 is 1.43 bits per heavy atom. The van der Waals surface area contributed by atoms with E-state index in [9.17, 15) is 38.2 Å². The molecule has 2 saturated heterocycles. The number of H-pyrrole nitrogens is 2. The summed E-state index contributed by atoms with van der Waals surface area (Å²) < 4.78 is 29.6. The molecule has 0 aliphatic carbocycles. The number of fused-ring (bicyclic) bond motifs is 2. The molecule has 4 heterocycles. The average molecular weight is 807 g/mol. The van der Waals surface area contributed by atoms with Gasteiger partial charge in [-0.2, -0.15) is 0 Å². The maximum Gasteiger partial charge on any atom is 0.245 e. The zero-order valence-electron chi connectivity index (χ0n) is 33.9. The Labute approximate surface area is 336 Å². The lowest BCUT2D eigenvalue weighted by molar-refractivity contribution is -0.138. The molecule has 2 aliphatic rings. The lowest BCUT2D eigenvalue weighted by atomic mass is 9.94. The summed E-state index contributed by atoms with van der Waals surface area (Å²) in [5.74, 6) is -2.21. The number of nitrogens with zero attached hydrogens (tertiary/aromatic N) is 2. The lowest BCUT2D eigenvalue weighted by Crippen LogP contribution is -2.53. The summed E-state index contributed by atoms with van der Waals surface area (Å²) in [4.78, 5) is 63.7. The van der Waals surface area contributed by atoms with E-state index in [4.69, 9.17) is 0 Å². The normalized spacial score (nSPS) is 21.7. The number of aromatic nitrogens is 2. The van der Waals surface area contributed by atoms with Crippen molar-refractivity contribution in [3.05, 3.63) is 59.2 Å². The standard InChI is InChI=1S/C42H56F2N8O6/c1-7-33(49-39(55)21(3)45-5)41(57)51-19-27(53)15-25(51)17-31-29-11-9-23(43)13-35(29)47-37(31)38-32(30-12-10-24(44)14-36(30)48-38)18-26-16-28(54)20-52(26)42(58)34(8-2)50-40(56)22(4)46-6/h9-14,21-22,25-28,33-34,45-48,53-54H,7-8,15-20H2,1-6H3,(H,49,55)(H,50,56)/t21-,22-,25-,26-,27-,28+,33-,34-/m1/s1. The number of benzene rings is 2. The van der Waals surface area contributed by atoms with Gasteiger partial charge in [-0.1, -0.05) is 13.8 Å². The van der Waals surface area contributed by atoms with Crippen LogP contribution in [0.2, 0.25) is 0 Å². The number of carbonyl (C=O) groups excluding carboxylic acids is 4. The molecule has 0 bridgehead atoms. The van der Waals surface area contributed by atoms with Crippen LogP contribution in [0, 0.1) is 11.6 Å². The zero-order valence-corrected chi connectivity index (χ0v) is 33.9. The van der Waals surface area contributed by atoms with Crippen molar-refractivity contribution in [2.75, 3.05) is 27.2 Å². The first-order chi connectivity index (χ1) is 27.7. The first-order valence-corrected chi connectivity index (χ1v) is 20.2. The number of aliphatic hydroxyl groups is 2. The summed E-state index contributed by atoms with van der Waals surface area (Å²) in [6.45, 7) is 7.15. The van der Waals surface area contributed by atoms with E-state index >= 15 is 0 Å². The van der Waals surface area contributed by atoms with Crippen LogP contribution in [0.15, 0.2) is 36.4 Å². The molecular formula is C42H56F2N8O6. The molecule has 14 nitrogen and oxygen atoms in total. The molecule has 2 aliphatic heterocycles. The number of halogens is 2. The van der Waals surface area contributed by atoms with Crippen molar-refractivity contribution >= 4 is 45.4 Å². The predicted molar refractivity (Wildman–Crippen MR) is 217 cm³/mol. The van der Waals surface area contributed by atoms with Crippen molar-refractivity contribution in [2.24, 2.45) is 0 Å². The summed E-state index contributed by atoms with van der Waals surface area (Å²) in [6, 6.07) is 5.13. The van der Waals surface area contributed by atoms with E-state index in [1.165, 1.54) is 24.3 Å². The van der Waals surface area contributed by atoms with Crippen LogP contribution in [0.4, 0.5) is 8.78 Å². The van der Waals surface area contributed by atoms with Crippen LogP contribution in [0.3, 0.4) is 0 Å². The highest BCUT2D eigenvalue weighted by Gasteiger charge is 2.41. The molecule has 16 heteroatoms. The maximum absolute atomic E-state index is 14.8. The van der Waals surface area contributed by atoms with Crippen molar-refractivity contribution in [3.8, 4) is 11.4 Å². The third kappa shape index (κ3) is 8.75. The van der Waals surface area contributed by atoms with Gasteiger partial charge < -0.3 is 51.2 Å². The molecule has 6 rings (SSSR count). The molecule has 2 aromatic heterocycles. The van der Waals surface area contributed by atoms with Gasteiger partial charge in [0.15, 0.2) is 0 Å². The molecule has 0 radical (unpaired) electrons. The fourth-order valence-electron chi connectivity index (χ4n) is 8.42. The zero-order chi connectivity index (χ0) is 42.0. The maximum atomic E-state index is 14.8. The van der Waals surface area contributed by atoms with Gasteiger partial charge in [-0.05, 0) is 114 Å². The second kappa shape index (κ2) is 17.9. The Morgan fingerprint density at radius 2 is 1.09 bits per heavy atom. The summed E-state index contributed by atoms with van der Waals surface area (Å²) in [6.07, 6.45) is 0.0738. The molecule has 2 aromatic carbocycles. The molecule has 0 unspecified atom stereocenters.